The highest BCUT2D eigenvalue weighted by molar-refractivity contribution is 9.11. The van der Waals surface area contributed by atoms with Crippen molar-refractivity contribution in [2.45, 2.75) is 0 Å². The number of fused-ring (bicyclic) bond motifs is 1. The number of hydrogen-bond donors (Lipinski definition) is 2. The molecule has 1 aromatic heterocycles. The molecule has 0 unspecified atom stereocenters. The summed E-state index contributed by atoms with van der Waals surface area (Å²) >= 11 is 13.2. The van der Waals surface area contributed by atoms with Crippen LogP contribution in [0.5, 0.6) is 11.6 Å². The van der Waals surface area contributed by atoms with Gasteiger partial charge in [-0.1, -0.05) is 45.7 Å². The molecule has 4 aromatic rings. The molecule has 34 heavy (non-hydrogen) atoms. The topological polar surface area (TPSA) is 80.3 Å². The minimum absolute atomic E-state index is 0.0760. The predicted octanol–water partition coefficient (Wildman–Crippen LogP) is 7.45. The van der Waals surface area contributed by atoms with Crippen LogP contribution in [0.1, 0.15) is 10.4 Å². The highest BCUT2D eigenvalue weighted by atomic mass is 79.9. The van der Waals surface area contributed by atoms with Gasteiger partial charge in [0.2, 0.25) is 5.88 Å². The summed E-state index contributed by atoms with van der Waals surface area (Å²) in [5.74, 6) is -2.87. The lowest BCUT2D eigenvalue weighted by Crippen LogP contribution is -2.35. The molecular weight excluding hydrogens is 600 g/mol. The molecule has 2 N–H and O–H groups in total. The van der Waals surface area contributed by atoms with E-state index >= 15 is 0 Å². The maximum absolute atomic E-state index is 13.7. The number of anilines is 1. The first kappa shape index (κ1) is 24.1. The van der Waals surface area contributed by atoms with Crippen LogP contribution >= 0.6 is 43.5 Å². The average Bonchev–Trinajstić information content (AvgIpc) is 2.77. The van der Waals surface area contributed by atoms with Crippen LogP contribution in [0.2, 0.25) is 5.02 Å². The van der Waals surface area contributed by atoms with Crippen molar-refractivity contribution in [2.24, 2.45) is 0 Å². The molecule has 1 heterocycles. The Bertz CT molecular complexity index is 1430. The van der Waals surface area contributed by atoms with E-state index in [1.807, 2.05) is 29.6 Å². The molecule has 0 aliphatic carbocycles. The van der Waals surface area contributed by atoms with Crippen molar-refractivity contribution < 1.29 is 23.1 Å². The van der Waals surface area contributed by atoms with Crippen LogP contribution in [0.15, 0.2) is 69.7 Å². The Hall–Kier alpha value is -3.08. The molecule has 6 nitrogen and oxygen atoms in total. The lowest BCUT2D eigenvalue weighted by atomic mass is 10.1. The molecule has 0 saturated heterocycles. The number of halogens is 5. The van der Waals surface area contributed by atoms with Gasteiger partial charge in [-0.25, -0.2) is 18.6 Å². The van der Waals surface area contributed by atoms with Crippen LogP contribution in [0.25, 0.3) is 10.8 Å². The van der Waals surface area contributed by atoms with Crippen molar-refractivity contribution in [1.29, 1.82) is 0 Å². The largest absolute Gasteiger partial charge is 0.436 e. The molecule has 3 amide bonds. The van der Waals surface area contributed by atoms with Crippen LogP contribution in [-0.4, -0.2) is 16.9 Å². The molecule has 11 heteroatoms. The molecule has 172 valence electrons. The molecule has 0 fully saturated rings. The summed E-state index contributed by atoms with van der Waals surface area (Å²) < 4.78 is 34.9. The number of benzene rings is 3. The number of aromatic nitrogens is 1. The van der Waals surface area contributed by atoms with E-state index in [9.17, 15) is 18.4 Å². The molecule has 0 bridgehead atoms. The second kappa shape index (κ2) is 10.0. The molecule has 0 radical (unpaired) electrons. The van der Waals surface area contributed by atoms with Gasteiger partial charge in [0, 0.05) is 4.47 Å². The second-order valence-electron chi connectivity index (χ2n) is 6.86. The SMILES string of the molecule is O=C(NC(=O)c1c(F)cccc1F)Nc1cnc(Oc2ccc3cc(Br)ccc3c2Br)c(Cl)c1. The van der Waals surface area contributed by atoms with E-state index in [1.54, 1.807) is 6.07 Å². The summed E-state index contributed by atoms with van der Waals surface area (Å²) in [5, 5.41) is 6.15. The Labute approximate surface area is 213 Å². The quantitative estimate of drug-likeness (QED) is 0.251. The Balaban J connectivity index is 1.47. The van der Waals surface area contributed by atoms with Gasteiger partial charge in [0.05, 0.1) is 16.4 Å². The van der Waals surface area contributed by atoms with Crippen molar-refractivity contribution in [3.8, 4) is 11.6 Å². The van der Waals surface area contributed by atoms with Crippen LogP contribution < -0.4 is 15.4 Å². The molecule has 4 rings (SSSR count). The fraction of sp³-hybridized carbons (Fsp3) is 0. The van der Waals surface area contributed by atoms with Gasteiger partial charge in [0.1, 0.15) is 28.0 Å². The zero-order valence-electron chi connectivity index (χ0n) is 16.8. The summed E-state index contributed by atoms with van der Waals surface area (Å²) in [6, 6.07) is 12.7. The Morgan fingerprint density at radius 3 is 2.44 bits per heavy atom. The lowest BCUT2D eigenvalue weighted by Gasteiger charge is -2.12. The molecular formula is C23H12Br2ClF2N3O3. The second-order valence-corrected chi connectivity index (χ2v) is 8.98. The smallest absolute Gasteiger partial charge is 0.326 e. The minimum Gasteiger partial charge on any atom is -0.436 e. The van der Waals surface area contributed by atoms with Gasteiger partial charge in [-0.05, 0) is 63.1 Å². The highest BCUT2D eigenvalue weighted by Crippen LogP contribution is 2.38. The average molecular weight is 612 g/mol. The molecule has 0 aliphatic rings. The molecule has 0 spiro atoms. The van der Waals surface area contributed by atoms with Crippen LogP contribution in [0.3, 0.4) is 0 Å². The third-order valence-corrected chi connectivity index (χ3v) is 6.15. The summed E-state index contributed by atoms with van der Waals surface area (Å²) in [4.78, 5) is 28.2. The first-order valence-corrected chi connectivity index (χ1v) is 11.5. The van der Waals surface area contributed by atoms with E-state index < -0.39 is 29.1 Å². The van der Waals surface area contributed by atoms with Crippen molar-refractivity contribution in [3.05, 3.63) is 92.0 Å². The third kappa shape index (κ3) is 5.19. The Morgan fingerprint density at radius 2 is 1.74 bits per heavy atom. The van der Waals surface area contributed by atoms with Crippen molar-refractivity contribution in [2.75, 3.05) is 5.32 Å². The number of urea groups is 1. The van der Waals surface area contributed by atoms with E-state index in [4.69, 9.17) is 16.3 Å². The van der Waals surface area contributed by atoms with Crippen molar-refractivity contribution in [3.63, 3.8) is 0 Å². The standard InChI is InChI=1S/C23H12Br2ClF2N3O3/c24-12-5-6-14-11(8-12)4-7-18(20(14)25)34-22-15(26)9-13(10-29-22)30-23(33)31-21(32)19-16(27)2-1-3-17(19)28/h1-10H,(H2,30,31,32,33). The third-order valence-electron chi connectivity index (χ3n) is 4.57. The van der Waals surface area contributed by atoms with E-state index in [0.717, 1.165) is 33.4 Å². The highest BCUT2D eigenvalue weighted by Gasteiger charge is 2.19. The van der Waals surface area contributed by atoms with Crippen molar-refractivity contribution >= 4 is 71.9 Å². The number of pyridine rings is 1. The monoisotopic (exact) mass is 609 g/mol. The van der Waals surface area contributed by atoms with Crippen LogP contribution in [-0.2, 0) is 0 Å². The van der Waals surface area contributed by atoms with Gasteiger partial charge in [-0.2, -0.15) is 0 Å². The summed E-state index contributed by atoms with van der Waals surface area (Å²) in [5.41, 5.74) is -0.745. The van der Waals surface area contributed by atoms with E-state index in [1.165, 1.54) is 12.3 Å². The minimum atomic E-state index is -1.24. The Morgan fingerprint density at radius 1 is 1.00 bits per heavy atom. The van der Waals surface area contributed by atoms with E-state index in [-0.39, 0.29) is 16.6 Å². The first-order valence-electron chi connectivity index (χ1n) is 9.50. The maximum Gasteiger partial charge on any atom is 0.326 e. The van der Waals surface area contributed by atoms with Crippen LogP contribution in [0, 0.1) is 11.6 Å². The number of amides is 3. The zero-order chi connectivity index (χ0) is 24.4. The molecule has 3 aromatic carbocycles. The summed E-state index contributed by atoms with van der Waals surface area (Å²) in [6.07, 6.45) is 1.25. The van der Waals surface area contributed by atoms with Gasteiger partial charge in [-0.15, -0.1) is 0 Å². The van der Waals surface area contributed by atoms with Gasteiger partial charge < -0.3 is 10.1 Å². The van der Waals surface area contributed by atoms with Gasteiger partial charge in [0.15, 0.2) is 0 Å². The van der Waals surface area contributed by atoms with E-state index in [2.05, 4.69) is 42.2 Å². The number of carbonyl (C=O) groups excluding carboxylic acids is 2. The number of ether oxygens (including phenoxy) is 1. The number of rotatable bonds is 4. The predicted molar refractivity (Wildman–Crippen MR) is 132 cm³/mol. The number of nitrogens with zero attached hydrogens (tertiary/aromatic N) is 1. The molecule has 0 saturated carbocycles. The lowest BCUT2D eigenvalue weighted by molar-refractivity contribution is 0.0959. The van der Waals surface area contributed by atoms with Crippen LogP contribution in [0.4, 0.5) is 19.3 Å². The molecule has 0 aliphatic heterocycles. The Kier molecular flexibility index (Phi) is 7.11. The summed E-state index contributed by atoms with van der Waals surface area (Å²) in [7, 11) is 0. The number of imide groups is 1. The maximum atomic E-state index is 13.7. The number of carbonyl (C=O) groups is 2. The fourth-order valence-corrected chi connectivity index (χ4v) is 4.20. The number of nitrogens with one attached hydrogen (secondary N) is 2. The number of hydrogen-bond acceptors (Lipinski definition) is 4. The van der Waals surface area contributed by atoms with Crippen molar-refractivity contribution in [1.82, 2.24) is 10.3 Å². The van der Waals surface area contributed by atoms with E-state index in [0.29, 0.717) is 10.2 Å². The normalized spacial score (nSPS) is 10.7. The first-order chi connectivity index (χ1) is 16.2. The summed E-state index contributed by atoms with van der Waals surface area (Å²) in [6.45, 7) is 0. The molecule has 0 atom stereocenters. The van der Waals surface area contributed by atoms with Gasteiger partial charge in [0.25, 0.3) is 5.91 Å². The zero-order valence-corrected chi connectivity index (χ0v) is 20.8. The van der Waals surface area contributed by atoms with Gasteiger partial charge >= 0.3 is 6.03 Å². The van der Waals surface area contributed by atoms with Gasteiger partial charge in [-0.3, -0.25) is 10.1 Å². The fourth-order valence-electron chi connectivity index (χ4n) is 3.04.